The molecule has 2 aromatic rings. The Kier molecular flexibility index (Phi) is 4.25. The fourth-order valence-corrected chi connectivity index (χ4v) is 3.64. The Morgan fingerprint density at radius 1 is 1.59 bits per heavy atom. The second-order valence-electron chi connectivity index (χ2n) is 3.99. The lowest BCUT2D eigenvalue weighted by atomic mass is 10.1. The van der Waals surface area contributed by atoms with E-state index in [1.54, 1.807) is 23.1 Å². The number of imidazole rings is 1. The quantitative estimate of drug-likeness (QED) is 0.847. The van der Waals surface area contributed by atoms with Crippen molar-refractivity contribution in [2.24, 2.45) is 12.8 Å². The first-order valence-electron chi connectivity index (χ1n) is 5.64. The first kappa shape index (κ1) is 12.7. The normalized spacial score (nSPS) is 14.8. The van der Waals surface area contributed by atoms with E-state index in [0.717, 1.165) is 11.6 Å². The summed E-state index contributed by atoms with van der Waals surface area (Å²) in [7, 11) is 2.01. The SMILES string of the molecule is CCC(N)C(Sc1nccn1C)c1ccsc1. The van der Waals surface area contributed by atoms with Crippen LogP contribution in [0.25, 0.3) is 0 Å². The molecule has 0 aliphatic carbocycles. The molecule has 0 aromatic carbocycles. The van der Waals surface area contributed by atoms with Crippen LogP contribution in [-0.2, 0) is 7.05 Å². The Hall–Kier alpha value is -0.780. The predicted molar refractivity (Wildman–Crippen MR) is 74.4 cm³/mol. The van der Waals surface area contributed by atoms with Crippen LogP contribution < -0.4 is 5.73 Å². The minimum absolute atomic E-state index is 0.159. The summed E-state index contributed by atoms with van der Waals surface area (Å²) in [5.41, 5.74) is 7.52. The minimum Gasteiger partial charge on any atom is -0.329 e. The standard InChI is InChI=1S/C12H17N3S2/c1-3-10(13)11(9-4-7-16-8-9)17-12-14-5-6-15(12)2/h4-8,10-11H,3,13H2,1-2H3. The van der Waals surface area contributed by atoms with E-state index in [2.05, 4.69) is 28.7 Å². The molecule has 2 N–H and O–H groups in total. The number of nitrogens with zero attached hydrogens (tertiary/aromatic N) is 2. The van der Waals surface area contributed by atoms with Crippen molar-refractivity contribution in [3.05, 3.63) is 34.8 Å². The monoisotopic (exact) mass is 267 g/mol. The second kappa shape index (κ2) is 5.71. The lowest BCUT2D eigenvalue weighted by molar-refractivity contribution is 0.631. The average molecular weight is 267 g/mol. The molecule has 2 heterocycles. The molecule has 0 fully saturated rings. The molecule has 2 unspecified atom stereocenters. The van der Waals surface area contributed by atoms with Crippen LogP contribution in [0.4, 0.5) is 0 Å². The van der Waals surface area contributed by atoms with Crippen molar-refractivity contribution in [1.82, 2.24) is 9.55 Å². The molecule has 3 nitrogen and oxygen atoms in total. The second-order valence-corrected chi connectivity index (χ2v) is 5.88. The third-order valence-electron chi connectivity index (χ3n) is 2.74. The van der Waals surface area contributed by atoms with Gasteiger partial charge < -0.3 is 10.3 Å². The van der Waals surface area contributed by atoms with Gasteiger partial charge in [-0.15, -0.1) is 0 Å². The summed E-state index contributed by atoms with van der Waals surface area (Å²) in [6.45, 7) is 2.13. The van der Waals surface area contributed by atoms with Gasteiger partial charge in [0, 0.05) is 25.5 Å². The molecule has 0 saturated carbocycles. The van der Waals surface area contributed by atoms with Gasteiger partial charge in [-0.2, -0.15) is 11.3 Å². The van der Waals surface area contributed by atoms with E-state index >= 15 is 0 Å². The Morgan fingerprint density at radius 2 is 2.41 bits per heavy atom. The molecule has 2 aromatic heterocycles. The first-order chi connectivity index (χ1) is 8.22. The van der Waals surface area contributed by atoms with Gasteiger partial charge in [0.1, 0.15) is 0 Å². The number of nitrogens with two attached hydrogens (primary N) is 1. The molecular weight excluding hydrogens is 250 g/mol. The maximum atomic E-state index is 6.22. The van der Waals surface area contributed by atoms with Crippen LogP contribution in [0.15, 0.2) is 34.4 Å². The summed E-state index contributed by atoms with van der Waals surface area (Å²) in [6.07, 6.45) is 4.76. The topological polar surface area (TPSA) is 43.8 Å². The Balaban J connectivity index is 2.20. The zero-order chi connectivity index (χ0) is 12.3. The fourth-order valence-electron chi connectivity index (χ4n) is 1.63. The molecule has 0 aliphatic heterocycles. The highest BCUT2D eigenvalue weighted by Crippen LogP contribution is 2.37. The van der Waals surface area contributed by atoms with Gasteiger partial charge in [0.25, 0.3) is 0 Å². The van der Waals surface area contributed by atoms with Gasteiger partial charge in [-0.3, -0.25) is 0 Å². The van der Waals surface area contributed by atoms with Gasteiger partial charge in [0.15, 0.2) is 5.16 Å². The van der Waals surface area contributed by atoms with E-state index in [4.69, 9.17) is 5.73 Å². The molecule has 0 aliphatic rings. The summed E-state index contributed by atoms with van der Waals surface area (Å²) in [4.78, 5) is 4.36. The molecular formula is C12H17N3S2. The first-order valence-corrected chi connectivity index (χ1v) is 7.46. The van der Waals surface area contributed by atoms with Crippen LogP contribution in [-0.4, -0.2) is 15.6 Å². The Morgan fingerprint density at radius 3 is 2.94 bits per heavy atom. The van der Waals surface area contributed by atoms with Crippen LogP contribution in [0.2, 0.25) is 0 Å². The molecule has 5 heteroatoms. The molecule has 0 radical (unpaired) electrons. The largest absolute Gasteiger partial charge is 0.329 e. The molecule has 0 bridgehead atoms. The smallest absolute Gasteiger partial charge is 0.168 e. The van der Waals surface area contributed by atoms with E-state index < -0.39 is 0 Å². The average Bonchev–Trinajstić information content (AvgIpc) is 2.97. The van der Waals surface area contributed by atoms with Gasteiger partial charge in [0.05, 0.1) is 5.25 Å². The summed E-state index contributed by atoms with van der Waals surface area (Å²) < 4.78 is 2.03. The van der Waals surface area contributed by atoms with Crippen molar-refractivity contribution >= 4 is 23.1 Å². The Labute approximate surface area is 110 Å². The highest BCUT2D eigenvalue weighted by atomic mass is 32.2. The van der Waals surface area contributed by atoms with Crippen LogP contribution in [0.3, 0.4) is 0 Å². The molecule has 17 heavy (non-hydrogen) atoms. The summed E-state index contributed by atoms with van der Waals surface area (Å²) in [5, 5.41) is 5.58. The Bertz CT molecular complexity index is 450. The zero-order valence-corrected chi connectivity index (χ0v) is 11.7. The number of thioether (sulfide) groups is 1. The molecule has 2 atom stereocenters. The fraction of sp³-hybridized carbons (Fsp3) is 0.417. The molecule has 2 rings (SSSR count). The molecule has 92 valence electrons. The zero-order valence-electron chi connectivity index (χ0n) is 10.0. The number of aryl methyl sites for hydroxylation is 1. The van der Waals surface area contributed by atoms with E-state index in [0.29, 0.717) is 0 Å². The van der Waals surface area contributed by atoms with Crippen LogP contribution in [0.5, 0.6) is 0 Å². The number of aromatic nitrogens is 2. The van der Waals surface area contributed by atoms with Crippen molar-refractivity contribution in [3.8, 4) is 0 Å². The highest BCUT2D eigenvalue weighted by Gasteiger charge is 2.21. The van der Waals surface area contributed by atoms with Crippen LogP contribution >= 0.6 is 23.1 Å². The van der Waals surface area contributed by atoms with Crippen molar-refractivity contribution in [2.45, 2.75) is 29.8 Å². The number of hydrogen-bond donors (Lipinski definition) is 1. The lowest BCUT2D eigenvalue weighted by Crippen LogP contribution is -2.25. The van der Waals surface area contributed by atoms with Gasteiger partial charge >= 0.3 is 0 Å². The highest BCUT2D eigenvalue weighted by molar-refractivity contribution is 7.99. The van der Waals surface area contributed by atoms with Crippen molar-refractivity contribution in [1.29, 1.82) is 0 Å². The van der Waals surface area contributed by atoms with Crippen LogP contribution in [0, 0.1) is 0 Å². The van der Waals surface area contributed by atoms with E-state index in [1.807, 2.05) is 24.0 Å². The van der Waals surface area contributed by atoms with Gasteiger partial charge in [-0.1, -0.05) is 18.7 Å². The summed E-state index contributed by atoms with van der Waals surface area (Å²) in [5.74, 6) is 0. The van der Waals surface area contributed by atoms with Crippen molar-refractivity contribution in [2.75, 3.05) is 0 Å². The maximum absolute atomic E-state index is 6.22. The van der Waals surface area contributed by atoms with Gasteiger partial charge in [0.2, 0.25) is 0 Å². The predicted octanol–water partition coefficient (Wildman–Crippen LogP) is 3.05. The van der Waals surface area contributed by atoms with E-state index in [1.165, 1.54) is 5.56 Å². The van der Waals surface area contributed by atoms with Gasteiger partial charge in [-0.05, 0) is 28.8 Å². The van der Waals surface area contributed by atoms with Crippen molar-refractivity contribution in [3.63, 3.8) is 0 Å². The molecule has 0 spiro atoms. The lowest BCUT2D eigenvalue weighted by Gasteiger charge is -2.21. The summed E-state index contributed by atoms with van der Waals surface area (Å²) in [6, 6.07) is 2.31. The van der Waals surface area contributed by atoms with E-state index in [-0.39, 0.29) is 11.3 Å². The third-order valence-corrected chi connectivity index (χ3v) is 4.92. The van der Waals surface area contributed by atoms with Gasteiger partial charge in [-0.25, -0.2) is 4.98 Å². The minimum atomic E-state index is 0.159. The number of hydrogen-bond acceptors (Lipinski definition) is 4. The van der Waals surface area contributed by atoms with E-state index in [9.17, 15) is 0 Å². The molecule has 0 amide bonds. The molecule has 0 saturated heterocycles. The number of thiophene rings is 1. The maximum Gasteiger partial charge on any atom is 0.168 e. The summed E-state index contributed by atoms with van der Waals surface area (Å²) >= 11 is 3.46. The van der Waals surface area contributed by atoms with Crippen molar-refractivity contribution < 1.29 is 0 Å². The number of rotatable bonds is 5. The third kappa shape index (κ3) is 2.91. The van der Waals surface area contributed by atoms with Crippen LogP contribution in [0.1, 0.15) is 24.2 Å².